The minimum absolute atomic E-state index is 0.585. The van der Waals surface area contributed by atoms with Crippen molar-refractivity contribution in [3.63, 3.8) is 0 Å². The van der Waals surface area contributed by atoms with Crippen LogP contribution in [0.5, 0.6) is 0 Å². The zero-order chi connectivity index (χ0) is 15.8. The molecule has 4 rings (SSSR count). The third-order valence-corrected chi connectivity index (χ3v) is 3.92. The van der Waals surface area contributed by atoms with Gasteiger partial charge in [0.25, 0.3) is 0 Å². The number of benzene rings is 1. The van der Waals surface area contributed by atoms with Crippen molar-refractivity contribution in [1.82, 2.24) is 24.7 Å². The molecule has 0 spiro atoms. The molecule has 0 saturated carbocycles. The highest BCUT2D eigenvalue weighted by Crippen LogP contribution is 2.24. The van der Waals surface area contributed by atoms with Crippen molar-refractivity contribution < 1.29 is 4.52 Å². The van der Waals surface area contributed by atoms with Crippen molar-refractivity contribution >= 4 is 28.0 Å². The summed E-state index contributed by atoms with van der Waals surface area (Å²) in [6.45, 7) is 3.47. The average molecular weight is 308 g/mol. The number of hydrogen-bond acceptors (Lipinski definition) is 6. The van der Waals surface area contributed by atoms with E-state index in [9.17, 15) is 0 Å². The van der Waals surface area contributed by atoms with Crippen LogP contribution in [0.2, 0.25) is 0 Å². The Labute approximate surface area is 132 Å². The zero-order valence-corrected chi connectivity index (χ0v) is 13.0. The number of anilines is 1. The molecule has 0 N–H and O–H groups in total. The molecular formula is C16H16N6O. The lowest BCUT2D eigenvalue weighted by atomic mass is 10.2. The highest BCUT2D eigenvalue weighted by atomic mass is 16.5. The largest absolute Gasteiger partial charge is 0.356 e. The van der Waals surface area contributed by atoms with Gasteiger partial charge in [0.2, 0.25) is 0 Å². The standard InChI is InChI=1S/C16H16N6O/c1-3-22-10-19-14-15(17-9-18-16(14)22)21(2)8-12-11-6-4-5-7-13(11)23-20-12/h4-7,9-10H,3,8H2,1-2H3. The van der Waals surface area contributed by atoms with Gasteiger partial charge in [-0.05, 0) is 19.1 Å². The summed E-state index contributed by atoms with van der Waals surface area (Å²) in [7, 11) is 1.97. The third-order valence-electron chi connectivity index (χ3n) is 3.92. The fourth-order valence-electron chi connectivity index (χ4n) is 2.73. The Kier molecular flexibility index (Phi) is 3.18. The van der Waals surface area contributed by atoms with Gasteiger partial charge in [-0.1, -0.05) is 17.3 Å². The quantitative estimate of drug-likeness (QED) is 0.577. The predicted octanol–water partition coefficient (Wildman–Crippen LogP) is 2.62. The summed E-state index contributed by atoms with van der Waals surface area (Å²) in [6, 6.07) is 7.84. The van der Waals surface area contributed by atoms with Crippen molar-refractivity contribution in [2.45, 2.75) is 20.0 Å². The van der Waals surface area contributed by atoms with Crippen LogP contribution in [0.3, 0.4) is 0 Å². The SMILES string of the molecule is CCn1cnc2c(N(C)Cc3noc4ccccc34)ncnc21. The minimum atomic E-state index is 0.585. The molecule has 0 bridgehead atoms. The maximum Gasteiger partial charge on any atom is 0.167 e. The van der Waals surface area contributed by atoms with Crippen LogP contribution in [0.25, 0.3) is 22.1 Å². The topological polar surface area (TPSA) is 72.9 Å². The van der Waals surface area contributed by atoms with Crippen molar-refractivity contribution in [2.24, 2.45) is 0 Å². The first-order valence-corrected chi connectivity index (χ1v) is 7.48. The van der Waals surface area contributed by atoms with E-state index in [2.05, 4.69) is 27.0 Å². The molecular weight excluding hydrogens is 292 g/mol. The summed E-state index contributed by atoms with van der Waals surface area (Å²) in [5.41, 5.74) is 3.31. The van der Waals surface area contributed by atoms with Crippen LogP contribution in [0.15, 0.2) is 41.4 Å². The van der Waals surface area contributed by atoms with Crippen molar-refractivity contribution in [1.29, 1.82) is 0 Å². The van der Waals surface area contributed by atoms with E-state index in [-0.39, 0.29) is 0 Å². The van der Waals surface area contributed by atoms with E-state index in [1.165, 1.54) is 0 Å². The van der Waals surface area contributed by atoms with Crippen LogP contribution in [0, 0.1) is 0 Å². The predicted molar refractivity (Wildman–Crippen MR) is 87.1 cm³/mol. The van der Waals surface area contributed by atoms with Gasteiger partial charge in [-0.3, -0.25) is 0 Å². The van der Waals surface area contributed by atoms with Crippen molar-refractivity contribution in [3.05, 3.63) is 42.6 Å². The number of fused-ring (bicyclic) bond motifs is 2. The maximum absolute atomic E-state index is 5.37. The Balaban J connectivity index is 1.72. The van der Waals surface area contributed by atoms with E-state index in [1.807, 2.05) is 40.8 Å². The molecule has 116 valence electrons. The van der Waals surface area contributed by atoms with Gasteiger partial charge in [0.15, 0.2) is 22.6 Å². The lowest BCUT2D eigenvalue weighted by Gasteiger charge is -2.16. The lowest BCUT2D eigenvalue weighted by Crippen LogP contribution is -2.18. The average Bonchev–Trinajstić information content (AvgIpc) is 3.18. The number of hydrogen-bond donors (Lipinski definition) is 0. The van der Waals surface area contributed by atoms with E-state index in [0.717, 1.165) is 40.2 Å². The van der Waals surface area contributed by atoms with Gasteiger partial charge in [0.1, 0.15) is 12.0 Å². The molecule has 0 radical (unpaired) electrons. The third kappa shape index (κ3) is 2.21. The molecule has 0 fully saturated rings. The summed E-state index contributed by atoms with van der Waals surface area (Å²) in [5, 5.41) is 5.19. The van der Waals surface area contributed by atoms with Gasteiger partial charge in [-0.2, -0.15) is 0 Å². The number of imidazole rings is 1. The smallest absolute Gasteiger partial charge is 0.167 e. The van der Waals surface area contributed by atoms with E-state index < -0.39 is 0 Å². The molecule has 3 aromatic heterocycles. The number of aryl methyl sites for hydroxylation is 1. The molecule has 0 unspecified atom stereocenters. The van der Waals surface area contributed by atoms with Crippen LogP contribution in [-0.2, 0) is 13.1 Å². The monoisotopic (exact) mass is 308 g/mol. The molecule has 0 aliphatic heterocycles. The summed E-state index contributed by atoms with van der Waals surface area (Å²) in [5.74, 6) is 0.786. The van der Waals surface area contributed by atoms with Gasteiger partial charge in [0.05, 0.1) is 12.9 Å². The molecule has 0 atom stereocenters. The molecule has 0 aliphatic carbocycles. The molecule has 4 aromatic rings. The Morgan fingerprint density at radius 2 is 2.04 bits per heavy atom. The molecule has 7 nitrogen and oxygen atoms in total. The Hall–Kier alpha value is -2.96. The molecule has 1 aromatic carbocycles. The highest BCUT2D eigenvalue weighted by molar-refractivity contribution is 5.84. The lowest BCUT2D eigenvalue weighted by molar-refractivity contribution is 0.445. The summed E-state index contributed by atoms with van der Waals surface area (Å²) < 4.78 is 7.37. The first-order chi connectivity index (χ1) is 11.3. The van der Waals surface area contributed by atoms with Crippen LogP contribution < -0.4 is 4.90 Å². The first kappa shape index (κ1) is 13.7. The zero-order valence-electron chi connectivity index (χ0n) is 13.0. The number of para-hydroxylation sites is 1. The maximum atomic E-state index is 5.37. The summed E-state index contributed by atoms with van der Waals surface area (Å²) in [4.78, 5) is 15.2. The van der Waals surface area contributed by atoms with E-state index in [4.69, 9.17) is 4.52 Å². The van der Waals surface area contributed by atoms with Crippen LogP contribution in [0.1, 0.15) is 12.6 Å². The molecule has 7 heteroatoms. The van der Waals surface area contributed by atoms with Crippen molar-refractivity contribution in [3.8, 4) is 0 Å². The van der Waals surface area contributed by atoms with E-state index >= 15 is 0 Å². The molecule has 0 saturated heterocycles. The Morgan fingerprint density at radius 1 is 1.17 bits per heavy atom. The molecule has 0 aliphatic rings. The number of aromatic nitrogens is 5. The minimum Gasteiger partial charge on any atom is -0.356 e. The second-order valence-electron chi connectivity index (χ2n) is 5.38. The van der Waals surface area contributed by atoms with Gasteiger partial charge < -0.3 is 14.0 Å². The summed E-state index contributed by atoms with van der Waals surface area (Å²) in [6.07, 6.45) is 3.37. The Morgan fingerprint density at radius 3 is 2.91 bits per heavy atom. The van der Waals surface area contributed by atoms with E-state index in [1.54, 1.807) is 12.7 Å². The van der Waals surface area contributed by atoms with Crippen molar-refractivity contribution in [2.75, 3.05) is 11.9 Å². The second-order valence-corrected chi connectivity index (χ2v) is 5.38. The number of nitrogens with zero attached hydrogens (tertiary/aromatic N) is 6. The Bertz CT molecular complexity index is 973. The fourth-order valence-corrected chi connectivity index (χ4v) is 2.73. The summed E-state index contributed by atoms with van der Waals surface area (Å²) >= 11 is 0. The molecule has 3 heterocycles. The van der Waals surface area contributed by atoms with Gasteiger partial charge >= 0.3 is 0 Å². The highest BCUT2D eigenvalue weighted by Gasteiger charge is 2.16. The van der Waals surface area contributed by atoms with Crippen LogP contribution in [-0.4, -0.2) is 31.7 Å². The van der Waals surface area contributed by atoms with Crippen LogP contribution in [0.4, 0.5) is 5.82 Å². The van der Waals surface area contributed by atoms with Crippen LogP contribution >= 0.6 is 0 Å². The van der Waals surface area contributed by atoms with Gasteiger partial charge in [0, 0.05) is 19.0 Å². The second kappa shape index (κ2) is 5.35. The molecule has 23 heavy (non-hydrogen) atoms. The number of rotatable bonds is 4. The van der Waals surface area contributed by atoms with Gasteiger partial charge in [-0.25, -0.2) is 15.0 Å². The first-order valence-electron chi connectivity index (χ1n) is 7.48. The fraction of sp³-hybridized carbons (Fsp3) is 0.250. The molecule has 0 amide bonds. The van der Waals surface area contributed by atoms with E-state index in [0.29, 0.717) is 6.54 Å². The normalized spacial score (nSPS) is 11.4. The van der Waals surface area contributed by atoms with Gasteiger partial charge in [-0.15, -0.1) is 0 Å².